The number of aryl methyl sites for hydroxylation is 1. The van der Waals surface area contributed by atoms with Gasteiger partial charge in [0.15, 0.2) is 0 Å². The molecule has 0 fully saturated rings. The summed E-state index contributed by atoms with van der Waals surface area (Å²) in [5, 5.41) is 11.6. The standard InChI is InChI=1S/C17H25NO3/c1-4-14(8-9-16(19)20)10-11-18-17(21)15-7-5-6-12(2)13(15)3/h5-7,14H,4,8-11H2,1-3H3,(H,18,21)(H,19,20). The van der Waals surface area contributed by atoms with Gasteiger partial charge < -0.3 is 10.4 Å². The maximum Gasteiger partial charge on any atom is 0.303 e. The van der Waals surface area contributed by atoms with Crippen LogP contribution in [0.1, 0.15) is 54.1 Å². The number of amides is 1. The van der Waals surface area contributed by atoms with Crippen molar-refractivity contribution in [3.63, 3.8) is 0 Å². The Morgan fingerprint density at radius 3 is 2.57 bits per heavy atom. The van der Waals surface area contributed by atoms with Crippen molar-refractivity contribution >= 4 is 11.9 Å². The van der Waals surface area contributed by atoms with Crippen LogP contribution in [0.5, 0.6) is 0 Å². The van der Waals surface area contributed by atoms with E-state index in [2.05, 4.69) is 12.2 Å². The van der Waals surface area contributed by atoms with E-state index in [0.717, 1.165) is 24.0 Å². The van der Waals surface area contributed by atoms with E-state index in [1.54, 1.807) is 0 Å². The molecule has 0 bridgehead atoms. The van der Waals surface area contributed by atoms with Gasteiger partial charge in [0.25, 0.3) is 5.91 Å². The van der Waals surface area contributed by atoms with Crippen molar-refractivity contribution in [3.8, 4) is 0 Å². The molecule has 1 aromatic rings. The maximum absolute atomic E-state index is 12.1. The van der Waals surface area contributed by atoms with Gasteiger partial charge in [0.1, 0.15) is 0 Å². The first-order valence-corrected chi connectivity index (χ1v) is 7.51. The lowest BCUT2D eigenvalue weighted by Gasteiger charge is -2.15. The first-order chi connectivity index (χ1) is 9.95. The van der Waals surface area contributed by atoms with Gasteiger partial charge in [-0.15, -0.1) is 0 Å². The number of hydrogen-bond acceptors (Lipinski definition) is 2. The van der Waals surface area contributed by atoms with Gasteiger partial charge >= 0.3 is 5.97 Å². The zero-order valence-corrected chi connectivity index (χ0v) is 13.1. The van der Waals surface area contributed by atoms with Gasteiger partial charge in [0, 0.05) is 18.5 Å². The zero-order valence-electron chi connectivity index (χ0n) is 13.1. The largest absolute Gasteiger partial charge is 0.481 e. The Balaban J connectivity index is 2.45. The molecule has 1 amide bonds. The zero-order chi connectivity index (χ0) is 15.8. The molecule has 1 aromatic carbocycles. The molecule has 0 saturated carbocycles. The summed E-state index contributed by atoms with van der Waals surface area (Å²) >= 11 is 0. The molecule has 0 saturated heterocycles. The van der Waals surface area contributed by atoms with Crippen LogP contribution >= 0.6 is 0 Å². The first-order valence-electron chi connectivity index (χ1n) is 7.51. The van der Waals surface area contributed by atoms with E-state index in [0.29, 0.717) is 24.4 Å². The predicted octanol–water partition coefficient (Wildman–Crippen LogP) is 3.31. The minimum Gasteiger partial charge on any atom is -0.481 e. The number of carboxylic acids is 1. The van der Waals surface area contributed by atoms with E-state index in [9.17, 15) is 9.59 Å². The minimum atomic E-state index is -0.757. The Hall–Kier alpha value is -1.84. The summed E-state index contributed by atoms with van der Waals surface area (Å²) in [7, 11) is 0. The van der Waals surface area contributed by atoms with Crippen molar-refractivity contribution < 1.29 is 14.7 Å². The Bertz CT molecular complexity index is 497. The average molecular weight is 291 g/mol. The Morgan fingerprint density at radius 1 is 1.24 bits per heavy atom. The number of carbonyl (C=O) groups excluding carboxylic acids is 1. The quantitative estimate of drug-likeness (QED) is 0.772. The molecular formula is C17H25NO3. The highest BCUT2D eigenvalue weighted by Crippen LogP contribution is 2.15. The van der Waals surface area contributed by atoms with Crippen LogP contribution in [0.25, 0.3) is 0 Å². The normalized spacial score (nSPS) is 12.0. The van der Waals surface area contributed by atoms with Gasteiger partial charge in [-0.2, -0.15) is 0 Å². The number of nitrogens with one attached hydrogen (secondary N) is 1. The van der Waals surface area contributed by atoms with E-state index in [-0.39, 0.29) is 12.3 Å². The summed E-state index contributed by atoms with van der Waals surface area (Å²) < 4.78 is 0. The van der Waals surface area contributed by atoms with Gasteiger partial charge in [0.05, 0.1) is 0 Å². The fourth-order valence-corrected chi connectivity index (χ4v) is 2.36. The van der Waals surface area contributed by atoms with Crippen molar-refractivity contribution in [2.45, 2.75) is 46.5 Å². The summed E-state index contributed by atoms with van der Waals surface area (Å²) in [4.78, 5) is 22.7. The summed E-state index contributed by atoms with van der Waals surface area (Å²) in [6, 6.07) is 5.71. The summed E-state index contributed by atoms with van der Waals surface area (Å²) in [5.41, 5.74) is 2.83. The number of benzene rings is 1. The Labute approximate surface area is 126 Å². The summed E-state index contributed by atoms with van der Waals surface area (Å²) in [5.74, 6) is -0.461. The molecular weight excluding hydrogens is 266 g/mol. The molecule has 0 heterocycles. The first kappa shape index (κ1) is 17.2. The third kappa shape index (κ3) is 5.58. The molecule has 4 heteroatoms. The third-order valence-electron chi connectivity index (χ3n) is 4.03. The third-order valence-corrected chi connectivity index (χ3v) is 4.03. The van der Waals surface area contributed by atoms with Crippen LogP contribution in [-0.2, 0) is 4.79 Å². The second kappa shape index (κ2) is 8.45. The highest BCUT2D eigenvalue weighted by Gasteiger charge is 2.12. The molecule has 0 radical (unpaired) electrons. The molecule has 21 heavy (non-hydrogen) atoms. The van der Waals surface area contributed by atoms with E-state index in [4.69, 9.17) is 5.11 Å². The lowest BCUT2D eigenvalue weighted by molar-refractivity contribution is -0.137. The monoisotopic (exact) mass is 291 g/mol. The molecule has 0 spiro atoms. The number of rotatable bonds is 8. The predicted molar refractivity (Wildman–Crippen MR) is 83.5 cm³/mol. The van der Waals surface area contributed by atoms with Crippen LogP contribution in [0.3, 0.4) is 0 Å². The molecule has 2 N–H and O–H groups in total. The van der Waals surface area contributed by atoms with Gasteiger partial charge in [-0.05, 0) is 49.8 Å². The molecule has 116 valence electrons. The lowest BCUT2D eigenvalue weighted by Crippen LogP contribution is -2.26. The van der Waals surface area contributed by atoms with Crippen LogP contribution in [-0.4, -0.2) is 23.5 Å². The summed E-state index contributed by atoms with van der Waals surface area (Å²) in [6.45, 7) is 6.58. The number of carboxylic acid groups (broad SMARTS) is 1. The van der Waals surface area contributed by atoms with Gasteiger partial charge in [0.2, 0.25) is 0 Å². The molecule has 1 rings (SSSR count). The SMILES string of the molecule is CCC(CCNC(=O)c1cccc(C)c1C)CCC(=O)O. The average Bonchev–Trinajstić information content (AvgIpc) is 2.45. The molecule has 1 atom stereocenters. The molecule has 0 aromatic heterocycles. The molecule has 0 aliphatic carbocycles. The molecule has 0 aliphatic rings. The fraction of sp³-hybridized carbons (Fsp3) is 0.529. The van der Waals surface area contributed by atoms with Crippen molar-refractivity contribution in [1.82, 2.24) is 5.32 Å². The van der Waals surface area contributed by atoms with Gasteiger partial charge in [-0.3, -0.25) is 9.59 Å². The second-order valence-corrected chi connectivity index (χ2v) is 5.50. The highest BCUT2D eigenvalue weighted by atomic mass is 16.4. The van der Waals surface area contributed by atoms with Gasteiger partial charge in [-0.1, -0.05) is 25.5 Å². The number of aliphatic carboxylic acids is 1. The van der Waals surface area contributed by atoms with E-state index in [1.807, 2.05) is 32.0 Å². The van der Waals surface area contributed by atoms with Crippen molar-refractivity contribution in [3.05, 3.63) is 34.9 Å². The number of hydrogen-bond donors (Lipinski definition) is 2. The van der Waals surface area contributed by atoms with Crippen molar-refractivity contribution in [2.75, 3.05) is 6.54 Å². The van der Waals surface area contributed by atoms with Crippen LogP contribution in [0.2, 0.25) is 0 Å². The fourth-order valence-electron chi connectivity index (χ4n) is 2.36. The van der Waals surface area contributed by atoms with E-state index < -0.39 is 5.97 Å². The van der Waals surface area contributed by atoms with E-state index in [1.165, 1.54) is 0 Å². The second-order valence-electron chi connectivity index (χ2n) is 5.50. The molecule has 4 nitrogen and oxygen atoms in total. The van der Waals surface area contributed by atoms with Crippen LogP contribution in [0.4, 0.5) is 0 Å². The van der Waals surface area contributed by atoms with Crippen molar-refractivity contribution in [2.24, 2.45) is 5.92 Å². The van der Waals surface area contributed by atoms with Crippen LogP contribution in [0, 0.1) is 19.8 Å². The minimum absolute atomic E-state index is 0.0516. The Kier molecular flexibility index (Phi) is 6.92. The van der Waals surface area contributed by atoms with E-state index >= 15 is 0 Å². The molecule has 1 unspecified atom stereocenters. The topological polar surface area (TPSA) is 66.4 Å². The van der Waals surface area contributed by atoms with Gasteiger partial charge in [-0.25, -0.2) is 0 Å². The smallest absolute Gasteiger partial charge is 0.303 e. The van der Waals surface area contributed by atoms with Crippen LogP contribution < -0.4 is 5.32 Å². The van der Waals surface area contributed by atoms with Crippen molar-refractivity contribution in [1.29, 1.82) is 0 Å². The highest BCUT2D eigenvalue weighted by molar-refractivity contribution is 5.95. The summed E-state index contributed by atoms with van der Waals surface area (Å²) in [6.07, 6.45) is 2.63. The van der Waals surface area contributed by atoms with Crippen LogP contribution in [0.15, 0.2) is 18.2 Å². The number of carbonyl (C=O) groups is 2. The maximum atomic E-state index is 12.1. The Morgan fingerprint density at radius 2 is 1.95 bits per heavy atom. The lowest BCUT2D eigenvalue weighted by atomic mass is 9.96. The molecule has 0 aliphatic heterocycles.